The summed E-state index contributed by atoms with van der Waals surface area (Å²) in [7, 11) is 0. The summed E-state index contributed by atoms with van der Waals surface area (Å²) in [6, 6.07) is 12.1. The lowest BCUT2D eigenvalue weighted by Gasteiger charge is -2.11. The molecule has 126 valence electrons. The van der Waals surface area contributed by atoms with Crippen LogP contribution in [0.2, 0.25) is 0 Å². The molecule has 0 saturated carbocycles. The van der Waals surface area contributed by atoms with Gasteiger partial charge in [0.05, 0.1) is 14.9 Å². The van der Waals surface area contributed by atoms with E-state index in [1.54, 1.807) is 24.3 Å². The van der Waals surface area contributed by atoms with Gasteiger partial charge in [0.1, 0.15) is 0 Å². The van der Waals surface area contributed by atoms with Crippen molar-refractivity contribution in [3.05, 3.63) is 85.3 Å². The second kappa shape index (κ2) is 6.94. The number of nitrogens with one attached hydrogen (secondary N) is 1. The molecule has 0 fully saturated rings. The van der Waals surface area contributed by atoms with E-state index in [2.05, 4.69) is 5.32 Å². The molecule has 3 rings (SSSR count). The van der Waals surface area contributed by atoms with Gasteiger partial charge in [-0.1, -0.05) is 23.9 Å². The number of nitro groups is 1. The number of nitro benzene ring substituents is 1. The molecule has 1 aliphatic rings. The Bertz CT molecular complexity index is 915. The third-order valence-electron chi connectivity index (χ3n) is 3.99. The molecule has 0 atom stereocenters. The molecule has 0 unspecified atom stereocenters. The molecule has 0 spiro atoms. The smallest absolute Gasteiger partial charge is 0.269 e. The number of benzene rings is 2. The van der Waals surface area contributed by atoms with Crippen LogP contribution in [0.3, 0.4) is 0 Å². The molecule has 6 heteroatoms. The lowest BCUT2D eigenvalue weighted by Crippen LogP contribution is -1.97. The number of hydrogen-bond acceptors (Lipinski definition) is 5. The van der Waals surface area contributed by atoms with Crippen molar-refractivity contribution in [3.8, 4) is 0 Å². The molecular formula is C19H16N2O3S. The number of rotatable bonds is 4. The third kappa shape index (κ3) is 3.80. The van der Waals surface area contributed by atoms with Gasteiger partial charge in [0, 0.05) is 23.9 Å². The van der Waals surface area contributed by atoms with Crippen LogP contribution in [0.5, 0.6) is 0 Å². The van der Waals surface area contributed by atoms with E-state index in [1.165, 1.54) is 29.5 Å². The number of anilines is 1. The Kier molecular flexibility index (Phi) is 4.72. The Morgan fingerprint density at radius 1 is 1.12 bits per heavy atom. The number of allylic oxidation sites excluding steroid dienone is 2. The minimum atomic E-state index is -0.444. The van der Waals surface area contributed by atoms with Gasteiger partial charge < -0.3 is 5.32 Å². The van der Waals surface area contributed by atoms with Gasteiger partial charge in [0.2, 0.25) is 0 Å². The van der Waals surface area contributed by atoms with Crippen molar-refractivity contribution in [2.45, 2.75) is 13.8 Å². The Morgan fingerprint density at radius 3 is 2.52 bits per heavy atom. The highest BCUT2D eigenvalue weighted by atomic mass is 32.2. The second-order valence-corrected chi connectivity index (χ2v) is 6.79. The van der Waals surface area contributed by atoms with Gasteiger partial charge in [-0.05, 0) is 54.8 Å². The van der Waals surface area contributed by atoms with Crippen LogP contribution in [0.4, 0.5) is 11.4 Å². The zero-order valence-electron chi connectivity index (χ0n) is 13.8. The molecule has 2 aromatic carbocycles. The van der Waals surface area contributed by atoms with Crippen LogP contribution in [0.1, 0.15) is 16.7 Å². The van der Waals surface area contributed by atoms with Gasteiger partial charge in [-0.2, -0.15) is 0 Å². The fraction of sp³-hybridized carbons (Fsp3) is 0.105. The van der Waals surface area contributed by atoms with Crippen LogP contribution < -0.4 is 5.32 Å². The van der Waals surface area contributed by atoms with Crippen LogP contribution in [-0.4, -0.2) is 10.7 Å². The standard InChI is InChI=1S/C19H16N2O3S/c1-12-4-3-5-16(13(12)2)20-19-11-17(22)18(25-19)10-14-6-8-15(9-7-14)21(23)24/h3-11,20H,1-2H3/b18-10-. The fourth-order valence-corrected chi connectivity index (χ4v) is 3.33. The number of hydrogen-bond donors (Lipinski definition) is 1. The molecule has 1 heterocycles. The van der Waals surface area contributed by atoms with Crippen LogP contribution in [0, 0.1) is 24.0 Å². The summed E-state index contributed by atoms with van der Waals surface area (Å²) in [5.74, 6) is -0.0730. The largest absolute Gasteiger partial charge is 0.350 e. The van der Waals surface area contributed by atoms with E-state index < -0.39 is 4.92 Å². The summed E-state index contributed by atoms with van der Waals surface area (Å²) < 4.78 is 0. The minimum Gasteiger partial charge on any atom is -0.350 e. The van der Waals surface area contributed by atoms with Crippen molar-refractivity contribution in [2.75, 3.05) is 5.32 Å². The predicted octanol–water partition coefficient (Wildman–Crippen LogP) is 4.82. The van der Waals surface area contributed by atoms with E-state index in [9.17, 15) is 14.9 Å². The van der Waals surface area contributed by atoms with E-state index in [-0.39, 0.29) is 11.5 Å². The molecule has 0 aliphatic carbocycles. The van der Waals surface area contributed by atoms with E-state index in [1.807, 2.05) is 32.0 Å². The van der Waals surface area contributed by atoms with Crippen molar-refractivity contribution >= 4 is 35.0 Å². The predicted molar refractivity (Wildman–Crippen MR) is 101 cm³/mol. The van der Waals surface area contributed by atoms with Gasteiger partial charge in [-0.15, -0.1) is 0 Å². The van der Waals surface area contributed by atoms with E-state index in [0.717, 1.165) is 21.8 Å². The molecule has 1 N–H and O–H groups in total. The number of thioether (sulfide) groups is 1. The monoisotopic (exact) mass is 352 g/mol. The molecule has 0 aromatic heterocycles. The Labute approximate surface area is 149 Å². The summed E-state index contributed by atoms with van der Waals surface area (Å²) in [6.45, 7) is 4.08. The number of nitrogens with zero attached hydrogens (tertiary/aromatic N) is 1. The van der Waals surface area contributed by atoms with Gasteiger partial charge in [-0.3, -0.25) is 14.9 Å². The Balaban J connectivity index is 1.76. The van der Waals surface area contributed by atoms with E-state index >= 15 is 0 Å². The maximum Gasteiger partial charge on any atom is 0.269 e. The van der Waals surface area contributed by atoms with Crippen molar-refractivity contribution in [1.29, 1.82) is 0 Å². The topological polar surface area (TPSA) is 72.2 Å². The average Bonchev–Trinajstić information content (AvgIpc) is 2.92. The molecule has 2 aromatic rings. The molecule has 0 saturated heterocycles. The van der Waals surface area contributed by atoms with Crippen LogP contribution in [-0.2, 0) is 4.79 Å². The summed E-state index contributed by atoms with van der Waals surface area (Å²) >= 11 is 1.36. The van der Waals surface area contributed by atoms with E-state index in [4.69, 9.17) is 0 Å². The molecule has 1 aliphatic heterocycles. The van der Waals surface area contributed by atoms with Crippen molar-refractivity contribution in [2.24, 2.45) is 0 Å². The zero-order valence-corrected chi connectivity index (χ0v) is 14.6. The molecule has 0 amide bonds. The summed E-state index contributed by atoms with van der Waals surface area (Å²) in [5.41, 5.74) is 4.08. The van der Waals surface area contributed by atoms with Crippen LogP contribution in [0.15, 0.2) is 58.5 Å². The number of aryl methyl sites for hydroxylation is 1. The third-order valence-corrected chi connectivity index (χ3v) is 4.97. The SMILES string of the molecule is Cc1cccc(NC2=CC(=O)/C(=C/c3ccc([N+](=O)[O-])cc3)S2)c1C. The number of ketones is 1. The maximum atomic E-state index is 12.2. The first-order chi connectivity index (χ1) is 11.9. The van der Waals surface area contributed by atoms with Crippen LogP contribution >= 0.6 is 11.8 Å². The molecule has 0 radical (unpaired) electrons. The van der Waals surface area contributed by atoms with Crippen molar-refractivity contribution in [1.82, 2.24) is 0 Å². The normalized spacial score (nSPS) is 15.4. The highest BCUT2D eigenvalue weighted by Gasteiger charge is 2.20. The van der Waals surface area contributed by atoms with Crippen molar-refractivity contribution in [3.63, 3.8) is 0 Å². The first-order valence-corrected chi connectivity index (χ1v) is 8.49. The lowest BCUT2D eigenvalue weighted by molar-refractivity contribution is -0.384. The minimum absolute atomic E-state index is 0.0305. The Hall–Kier alpha value is -2.86. The first-order valence-electron chi connectivity index (χ1n) is 7.67. The molecule has 5 nitrogen and oxygen atoms in total. The van der Waals surface area contributed by atoms with Gasteiger partial charge >= 0.3 is 0 Å². The second-order valence-electron chi connectivity index (χ2n) is 5.70. The first kappa shape index (κ1) is 17.0. The number of carbonyl (C=O) groups excluding carboxylic acids is 1. The fourth-order valence-electron chi connectivity index (χ4n) is 2.41. The van der Waals surface area contributed by atoms with Gasteiger partial charge in [-0.25, -0.2) is 0 Å². The Morgan fingerprint density at radius 2 is 1.84 bits per heavy atom. The van der Waals surface area contributed by atoms with Crippen LogP contribution in [0.25, 0.3) is 6.08 Å². The average molecular weight is 352 g/mol. The lowest BCUT2D eigenvalue weighted by atomic mass is 10.1. The quantitative estimate of drug-likeness (QED) is 0.485. The molecule has 25 heavy (non-hydrogen) atoms. The van der Waals surface area contributed by atoms with E-state index in [0.29, 0.717) is 4.91 Å². The number of carbonyl (C=O) groups is 1. The number of non-ortho nitro benzene ring substituents is 1. The zero-order chi connectivity index (χ0) is 18.0. The highest BCUT2D eigenvalue weighted by molar-refractivity contribution is 8.08. The van der Waals surface area contributed by atoms with Gasteiger partial charge in [0.25, 0.3) is 5.69 Å². The van der Waals surface area contributed by atoms with Gasteiger partial charge in [0.15, 0.2) is 5.78 Å². The summed E-state index contributed by atoms with van der Waals surface area (Å²) in [4.78, 5) is 23.0. The molecular weight excluding hydrogens is 336 g/mol. The molecule has 0 bridgehead atoms. The highest BCUT2D eigenvalue weighted by Crippen LogP contribution is 2.36. The van der Waals surface area contributed by atoms with Crippen molar-refractivity contribution < 1.29 is 9.72 Å². The summed E-state index contributed by atoms with van der Waals surface area (Å²) in [6.07, 6.45) is 3.31. The maximum absolute atomic E-state index is 12.2. The summed E-state index contributed by atoms with van der Waals surface area (Å²) in [5, 5.41) is 14.8.